The average Bonchev–Trinajstić information content (AvgIpc) is 2.71. The molecule has 0 aromatic heterocycles. The molecule has 0 spiro atoms. The van der Waals surface area contributed by atoms with Gasteiger partial charge in [0, 0.05) is 9.65 Å². The number of aromatic carboxylic acids is 1. The third-order valence-electron chi connectivity index (χ3n) is 4.26. The normalized spacial score (nSPS) is 31.3. The number of rotatable bonds is 2. The molecule has 1 aromatic rings. The lowest BCUT2D eigenvalue weighted by molar-refractivity contribution is -0.122. The quantitative estimate of drug-likeness (QED) is 0.578. The summed E-state index contributed by atoms with van der Waals surface area (Å²) in [4.78, 5) is 37.7. The van der Waals surface area contributed by atoms with Crippen molar-refractivity contribution >= 4 is 55.3 Å². The molecule has 4 atom stereocenters. The molecule has 1 heterocycles. The number of nitrogens with zero attached hydrogens (tertiary/aromatic N) is 1. The number of alkyl halides is 2. The number of carbonyl (C=O) groups is 3. The van der Waals surface area contributed by atoms with Crippen LogP contribution in [0.4, 0.5) is 5.69 Å². The summed E-state index contributed by atoms with van der Waals surface area (Å²) in [7, 11) is 0. The highest BCUT2D eigenvalue weighted by Crippen LogP contribution is 2.44. The molecule has 1 aromatic carbocycles. The van der Waals surface area contributed by atoms with Crippen LogP contribution < -0.4 is 4.90 Å². The Morgan fingerprint density at radius 3 is 2.14 bits per heavy atom. The highest BCUT2D eigenvalue weighted by molar-refractivity contribution is 9.12. The number of carboxylic acids is 1. The van der Waals surface area contributed by atoms with Gasteiger partial charge in [0.1, 0.15) is 0 Å². The maximum absolute atomic E-state index is 12.6. The van der Waals surface area contributed by atoms with Crippen LogP contribution in [0.2, 0.25) is 0 Å². The molecule has 0 bridgehead atoms. The Kier molecular flexibility index (Phi) is 4.11. The summed E-state index contributed by atoms with van der Waals surface area (Å²) in [5.41, 5.74) is 0.395. The second-order valence-corrected chi connectivity index (χ2v) is 7.94. The van der Waals surface area contributed by atoms with Gasteiger partial charge >= 0.3 is 5.97 Å². The van der Waals surface area contributed by atoms with Crippen LogP contribution in [-0.4, -0.2) is 32.5 Å². The first-order valence-corrected chi connectivity index (χ1v) is 8.72. The van der Waals surface area contributed by atoms with Crippen molar-refractivity contribution < 1.29 is 19.5 Å². The zero-order valence-electron chi connectivity index (χ0n) is 11.4. The first-order valence-electron chi connectivity index (χ1n) is 6.89. The topological polar surface area (TPSA) is 74.7 Å². The van der Waals surface area contributed by atoms with Gasteiger partial charge < -0.3 is 5.11 Å². The van der Waals surface area contributed by atoms with Gasteiger partial charge in [0.25, 0.3) is 0 Å². The molecule has 5 nitrogen and oxygen atoms in total. The Balaban J connectivity index is 1.95. The fraction of sp³-hybridized carbons (Fsp3) is 0.400. The Morgan fingerprint density at radius 2 is 1.64 bits per heavy atom. The fourth-order valence-electron chi connectivity index (χ4n) is 3.13. The first-order chi connectivity index (χ1) is 10.4. The molecule has 2 fully saturated rings. The monoisotopic (exact) mass is 429 g/mol. The molecule has 1 saturated heterocycles. The van der Waals surface area contributed by atoms with E-state index in [0.717, 1.165) is 4.90 Å². The molecule has 1 saturated carbocycles. The lowest BCUT2D eigenvalue weighted by Gasteiger charge is -2.29. The minimum Gasteiger partial charge on any atom is -0.478 e. The molecule has 0 radical (unpaired) electrons. The Labute approximate surface area is 143 Å². The van der Waals surface area contributed by atoms with E-state index in [1.54, 1.807) is 12.1 Å². The van der Waals surface area contributed by atoms with Crippen molar-refractivity contribution in [2.75, 3.05) is 4.90 Å². The standard InChI is InChI=1S/C15H13Br2NO4/c16-11-5-9-10(6-12(11)17)14(20)18(13(9)19)8-3-1-2-7(4-8)15(21)22/h1-4,9-12H,5-6H2,(H,21,22)/t9-,10+,11-,12-/m0/s1. The van der Waals surface area contributed by atoms with E-state index in [1.807, 2.05) is 0 Å². The molecule has 1 aliphatic carbocycles. The van der Waals surface area contributed by atoms with Gasteiger partial charge in [0.05, 0.1) is 23.1 Å². The molecule has 7 heteroatoms. The lowest BCUT2D eigenvalue weighted by Crippen LogP contribution is -2.34. The average molecular weight is 431 g/mol. The predicted molar refractivity (Wildman–Crippen MR) is 87.5 cm³/mol. The lowest BCUT2D eigenvalue weighted by atomic mass is 9.81. The number of hydrogen-bond acceptors (Lipinski definition) is 3. The largest absolute Gasteiger partial charge is 0.478 e. The Bertz CT molecular complexity index is 635. The molecule has 1 N–H and O–H groups in total. The summed E-state index contributed by atoms with van der Waals surface area (Å²) >= 11 is 7.08. The van der Waals surface area contributed by atoms with Crippen molar-refractivity contribution in [2.45, 2.75) is 22.5 Å². The molecule has 22 heavy (non-hydrogen) atoms. The summed E-state index contributed by atoms with van der Waals surface area (Å²) < 4.78 is 0. The van der Waals surface area contributed by atoms with Crippen molar-refractivity contribution in [1.82, 2.24) is 0 Å². The molecule has 2 amide bonds. The van der Waals surface area contributed by atoms with Crippen LogP contribution in [0.15, 0.2) is 24.3 Å². The number of imide groups is 1. The Hall–Kier alpha value is -1.21. The van der Waals surface area contributed by atoms with E-state index in [1.165, 1.54) is 12.1 Å². The number of halogens is 2. The van der Waals surface area contributed by atoms with Gasteiger partial charge in [-0.05, 0) is 31.0 Å². The van der Waals surface area contributed by atoms with E-state index in [4.69, 9.17) is 5.11 Å². The van der Waals surface area contributed by atoms with Crippen LogP contribution in [0.1, 0.15) is 23.2 Å². The van der Waals surface area contributed by atoms with Gasteiger partial charge in [-0.3, -0.25) is 14.5 Å². The van der Waals surface area contributed by atoms with E-state index < -0.39 is 5.97 Å². The summed E-state index contributed by atoms with van der Waals surface area (Å²) in [6.07, 6.45) is 1.19. The minimum absolute atomic E-state index is 0.0599. The SMILES string of the molecule is O=C(O)c1cccc(N2C(=O)[C@H]3C[C@H](Br)[C@@H](Br)C[C@H]3C2=O)c1. The van der Waals surface area contributed by atoms with Crippen molar-refractivity contribution in [3.05, 3.63) is 29.8 Å². The number of carboxylic acid groups (broad SMARTS) is 1. The third-order valence-corrected chi connectivity index (χ3v) is 7.00. The van der Waals surface area contributed by atoms with Crippen LogP contribution in [0.5, 0.6) is 0 Å². The molecular formula is C15H13Br2NO4. The van der Waals surface area contributed by atoms with Crippen molar-refractivity contribution in [3.8, 4) is 0 Å². The van der Waals surface area contributed by atoms with Gasteiger partial charge in [-0.25, -0.2) is 4.79 Å². The second-order valence-electron chi connectivity index (χ2n) is 5.58. The summed E-state index contributed by atoms with van der Waals surface area (Å²) in [5.74, 6) is -2.22. The number of anilines is 1. The van der Waals surface area contributed by atoms with Crippen LogP contribution in [0.3, 0.4) is 0 Å². The van der Waals surface area contributed by atoms with E-state index in [2.05, 4.69) is 31.9 Å². The van der Waals surface area contributed by atoms with Crippen molar-refractivity contribution in [2.24, 2.45) is 11.8 Å². The van der Waals surface area contributed by atoms with E-state index in [0.29, 0.717) is 18.5 Å². The van der Waals surface area contributed by atoms with Crippen LogP contribution in [0.25, 0.3) is 0 Å². The summed E-state index contributed by atoms with van der Waals surface area (Å²) in [6, 6.07) is 5.94. The van der Waals surface area contributed by atoms with E-state index in [9.17, 15) is 14.4 Å². The van der Waals surface area contributed by atoms with Gasteiger partial charge in [0.2, 0.25) is 11.8 Å². The van der Waals surface area contributed by atoms with E-state index in [-0.39, 0.29) is 38.9 Å². The van der Waals surface area contributed by atoms with E-state index >= 15 is 0 Å². The summed E-state index contributed by atoms with van der Waals surface area (Å²) in [5, 5.41) is 9.06. The third kappa shape index (κ3) is 2.50. The molecule has 0 unspecified atom stereocenters. The van der Waals surface area contributed by atoms with Gasteiger partial charge in [0.15, 0.2) is 0 Å². The highest BCUT2D eigenvalue weighted by atomic mass is 79.9. The highest BCUT2D eigenvalue weighted by Gasteiger charge is 2.52. The fourth-order valence-corrected chi connectivity index (χ4v) is 4.36. The van der Waals surface area contributed by atoms with Gasteiger partial charge in [-0.15, -0.1) is 0 Å². The molecule has 1 aliphatic heterocycles. The van der Waals surface area contributed by atoms with Gasteiger partial charge in [-0.1, -0.05) is 37.9 Å². The predicted octanol–water partition coefficient (Wildman–Crippen LogP) is 2.81. The number of benzene rings is 1. The first kappa shape index (κ1) is 15.7. The van der Waals surface area contributed by atoms with Gasteiger partial charge in [-0.2, -0.15) is 0 Å². The minimum atomic E-state index is -1.08. The van der Waals surface area contributed by atoms with Crippen LogP contribution >= 0.6 is 31.9 Å². The second kappa shape index (κ2) is 5.77. The molecule has 3 rings (SSSR count). The maximum Gasteiger partial charge on any atom is 0.335 e. The smallest absolute Gasteiger partial charge is 0.335 e. The molecular weight excluding hydrogens is 418 g/mol. The molecule has 116 valence electrons. The Morgan fingerprint density at radius 1 is 1.09 bits per heavy atom. The van der Waals surface area contributed by atoms with Crippen molar-refractivity contribution in [3.63, 3.8) is 0 Å². The molecule has 2 aliphatic rings. The van der Waals surface area contributed by atoms with Crippen LogP contribution in [-0.2, 0) is 9.59 Å². The number of fused-ring (bicyclic) bond motifs is 1. The zero-order chi connectivity index (χ0) is 16.0. The number of carbonyl (C=O) groups excluding carboxylic acids is 2. The van der Waals surface area contributed by atoms with Crippen LogP contribution in [0, 0.1) is 11.8 Å². The zero-order valence-corrected chi connectivity index (χ0v) is 14.6. The maximum atomic E-state index is 12.6. The number of hydrogen-bond donors (Lipinski definition) is 1. The van der Waals surface area contributed by atoms with Crippen molar-refractivity contribution in [1.29, 1.82) is 0 Å². The number of amides is 2. The summed E-state index contributed by atoms with van der Waals surface area (Å²) in [6.45, 7) is 0.